The highest BCUT2D eigenvalue weighted by Crippen LogP contribution is 2.65. The Morgan fingerprint density at radius 3 is 2.51 bits per heavy atom. The van der Waals surface area contributed by atoms with Crippen molar-refractivity contribution in [2.24, 2.45) is 17.8 Å². The SMILES string of the molecule is CCN1C(=O)C2(CC2Nc2cccc(NC(=O)CN3CCC(Cc4ccccc4)CC3)c2)SC2C(C(C#N)C(=O)NCC(F)(F)F)C21. The number of likely N-dealkylation sites (tertiary alicyclic amines) is 1. The maximum absolute atomic E-state index is 13.6. The average molecular weight is 669 g/mol. The van der Waals surface area contributed by atoms with E-state index < -0.39 is 35.2 Å². The van der Waals surface area contributed by atoms with Crippen LogP contribution >= 0.6 is 11.8 Å². The molecule has 13 heteroatoms. The van der Waals surface area contributed by atoms with E-state index in [1.165, 1.54) is 17.3 Å². The molecular formula is C34H39F3N6O3S. The molecule has 0 aromatic heterocycles. The first-order valence-electron chi connectivity index (χ1n) is 16.2. The van der Waals surface area contributed by atoms with Crippen LogP contribution in [0.1, 0.15) is 31.7 Å². The Labute approximate surface area is 276 Å². The minimum Gasteiger partial charge on any atom is -0.380 e. The lowest BCUT2D eigenvalue weighted by atomic mass is 9.90. The third-order valence-electron chi connectivity index (χ3n) is 9.75. The van der Waals surface area contributed by atoms with Crippen LogP contribution < -0.4 is 16.0 Å². The second kappa shape index (κ2) is 13.4. The van der Waals surface area contributed by atoms with Crippen LogP contribution in [0.5, 0.6) is 0 Å². The number of rotatable bonds is 11. The summed E-state index contributed by atoms with van der Waals surface area (Å²) in [6.45, 7) is 2.78. The number of anilines is 2. The third-order valence-corrected chi connectivity index (χ3v) is 11.7. The molecule has 2 saturated carbocycles. The molecule has 250 valence electrons. The lowest BCUT2D eigenvalue weighted by Gasteiger charge is -2.32. The van der Waals surface area contributed by atoms with Crippen molar-refractivity contribution in [3.63, 3.8) is 0 Å². The van der Waals surface area contributed by atoms with Crippen LogP contribution in [0.2, 0.25) is 0 Å². The van der Waals surface area contributed by atoms with Gasteiger partial charge in [0.15, 0.2) is 0 Å². The first-order chi connectivity index (χ1) is 22.5. The lowest BCUT2D eigenvalue weighted by molar-refractivity contribution is -0.140. The van der Waals surface area contributed by atoms with Gasteiger partial charge in [-0.05, 0) is 75.4 Å². The Morgan fingerprint density at radius 2 is 1.83 bits per heavy atom. The molecule has 2 saturated heterocycles. The number of nitrogens with zero attached hydrogens (tertiary/aromatic N) is 3. The van der Waals surface area contributed by atoms with Crippen molar-refractivity contribution < 1.29 is 27.6 Å². The average Bonchev–Trinajstić information content (AvgIpc) is 3.93. The Morgan fingerprint density at radius 1 is 1.11 bits per heavy atom. The molecule has 1 spiro atoms. The number of hydrogen-bond acceptors (Lipinski definition) is 7. The van der Waals surface area contributed by atoms with Crippen LogP contribution in [0.15, 0.2) is 54.6 Å². The van der Waals surface area contributed by atoms with Gasteiger partial charge in [-0.2, -0.15) is 18.4 Å². The number of hydrogen-bond donors (Lipinski definition) is 3. The monoisotopic (exact) mass is 668 g/mol. The molecule has 4 fully saturated rings. The zero-order chi connectivity index (χ0) is 33.3. The number of fused-ring (bicyclic) bond motifs is 1. The van der Waals surface area contributed by atoms with E-state index in [1.807, 2.05) is 48.6 Å². The molecule has 4 aliphatic rings. The van der Waals surface area contributed by atoms with Crippen LogP contribution in [0.3, 0.4) is 0 Å². The molecule has 47 heavy (non-hydrogen) atoms. The number of halogens is 3. The molecule has 0 radical (unpaired) electrons. The first-order valence-corrected chi connectivity index (χ1v) is 17.0. The molecule has 2 heterocycles. The molecule has 2 aliphatic carbocycles. The first kappa shape index (κ1) is 33.2. The smallest absolute Gasteiger partial charge is 0.380 e. The topological polar surface area (TPSA) is 118 Å². The Hall–Kier alpha value is -3.76. The van der Waals surface area contributed by atoms with Gasteiger partial charge in [-0.25, -0.2) is 0 Å². The molecule has 2 aromatic rings. The van der Waals surface area contributed by atoms with Crippen molar-refractivity contribution in [2.75, 3.05) is 43.4 Å². The molecule has 0 bridgehead atoms. The van der Waals surface area contributed by atoms with E-state index in [-0.39, 0.29) is 29.1 Å². The molecule has 6 rings (SSSR count). The number of thioether (sulfide) groups is 1. The predicted molar refractivity (Wildman–Crippen MR) is 173 cm³/mol. The highest BCUT2D eigenvalue weighted by Gasteiger charge is 2.74. The Balaban J connectivity index is 1.01. The van der Waals surface area contributed by atoms with Crippen molar-refractivity contribution in [1.82, 2.24) is 15.1 Å². The number of carbonyl (C=O) groups excluding carboxylic acids is 3. The minimum atomic E-state index is -4.58. The predicted octanol–water partition coefficient (Wildman–Crippen LogP) is 4.28. The van der Waals surface area contributed by atoms with Gasteiger partial charge in [-0.15, -0.1) is 11.8 Å². The Kier molecular flexibility index (Phi) is 9.45. The summed E-state index contributed by atoms with van der Waals surface area (Å²) in [7, 11) is 0. The van der Waals surface area contributed by atoms with Gasteiger partial charge in [-0.1, -0.05) is 36.4 Å². The number of amides is 3. The normalized spacial score (nSPS) is 27.8. The molecule has 9 nitrogen and oxygen atoms in total. The van der Waals surface area contributed by atoms with E-state index in [4.69, 9.17) is 0 Å². The van der Waals surface area contributed by atoms with Crippen molar-refractivity contribution in [3.8, 4) is 6.07 Å². The molecule has 6 atom stereocenters. The fraction of sp³-hybridized carbons (Fsp3) is 0.529. The lowest BCUT2D eigenvalue weighted by Crippen LogP contribution is -2.47. The quantitative estimate of drug-likeness (QED) is 0.327. The van der Waals surface area contributed by atoms with Gasteiger partial charge in [0.05, 0.1) is 18.7 Å². The second-order valence-electron chi connectivity index (χ2n) is 13.0. The van der Waals surface area contributed by atoms with Crippen LogP contribution in [0.25, 0.3) is 0 Å². The summed E-state index contributed by atoms with van der Waals surface area (Å²) < 4.78 is 37.2. The third kappa shape index (κ3) is 7.38. The van der Waals surface area contributed by atoms with Crippen LogP contribution in [0.4, 0.5) is 24.5 Å². The summed E-state index contributed by atoms with van der Waals surface area (Å²) in [4.78, 5) is 42.9. The maximum atomic E-state index is 13.6. The van der Waals surface area contributed by atoms with E-state index in [1.54, 1.807) is 4.90 Å². The van der Waals surface area contributed by atoms with Crippen molar-refractivity contribution >= 4 is 40.9 Å². The molecule has 2 aliphatic heterocycles. The number of nitrogens with one attached hydrogen (secondary N) is 3. The summed E-state index contributed by atoms with van der Waals surface area (Å²) in [6.07, 6.45) is -0.863. The van der Waals surface area contributed by atoms with Crippen molar-refractivity contribution in [2.45, 2.75) is 60.9 Å². The van der Waals surface area contributed by atoms with Crippen LogP contribution in [-0.4, -0.2) is 88.5 Å². The summed E-state index contributed by atoms with van der Waals surface area (Å²) >= 11 is 1.43. The summed E-state index contributed by atoms with van der Waals surface area (Å²) in [5.74, 6) is -2.31. The van der Waals surface area contributed by atoms with Gasteiger partial charge in [0.1, 0.15) is 17.2 Å². The van der Waals surface area contributed by atoms with Gasteiger partial charge < -0.3 is 20.9 Å². The number of nitriles is 1. The number of benzene rings is 2. The number of piperidine rings is 1. The number of carbonyl (C=O) groups is 3. The highest BCUT2D eigenvalue weighted by atomic mass is 32.2. The van der Waals surface area contributed by atoms with Crippen molar-refractivity contribution in [1.29, 1.82) is 5.26 Å². The van der Waals surface area contributed by atoms with Crippen LogP contribution in [0, 0.1) is 29.1 Å². The Bertz CT molecular complexity index is 1530. The van der Waals surface area contributed by atoms with E-state index >= 15 is 0 Å². The van der Waals surface area contributed by atoms with E-state index in [2.05, 4.69) is 39.8 Å². The summed E-state index contributed by atoms with van der Waals surface area (Å²) in [6, 6.07) is 19.2. The largest absolute Gasteiger partial charge is 0.405 e. The minimum absolute atomic E-state index is 0.0831. The highest BCUT2D eigenvalue weighted by molar-refractivity contribution is 8.02. The molecule has 6 unspecified atom stereocenters. The zero-order valence-electron chi connectivity index (χ0n) is 26.1. The van der Waals surface area contributed by atoms with E-state index in [0.717, 1.165) is 38.0 Å². The van der Waals surface area contributed by atoms with Gasteiger partial charge in [0.25, 0.3) is 0 Å². The second-order valence-corrected chi connectivity index (χ2v) is 14.5. The van der Waals surface area contributed by atoms with Crippen LogP contribution in [-0.2, 0) is 20.8 Å². The summed E-state index contributed by atoms with van der Waals surface area (Å²) in [5, 5.41) is 17.7. The fourth-order valence-electron chi connectivity index (χ4n) is 7.22. The van der Waals surface area contributed by atoms with Gasteiger partial charge in [0.2, 0.25) is 17.7 Å². The summed E-state index contributed by atoms with van der Waals surface area (Å²) in [5.41, 5.74) is 2.75. The molecule has 3 N–H and O–H groups in total. The van der Waals surface area contributed by atoms with Gasteiger partial charge in [0, 0.05) is 35.1 Å². The molecular weight excluding hydrogens is 629 g/mol. The van der Waals surface area contributed by atoms with E-state index in [9.17, 15) is 32.8 Å². The molecule has 3 amide bonds. The van der Waals surface area contributed by atoms with Crippen molar-refractivity contribution in [3.05, 3.63) is 60.2 Å². The standard InChI is InChI=1S/C34H39F3N6O3S/c1-2-43-29-28(25(18-38)31(45)39-20-34(35,36)37)30(29)47-33(32(43)46)17-26(33)40-23-9-6-10-24(16-23)41-27(44)19-42-13-11-22(12-14-42)15-21-7-4-3-5-8-21/h3-10,16,22,25-26,28-30,40H,2,11-15,17,19-20H2,1H3,(H,39,45)(H,41,44). The molecule has 2 aromatic carbocycles. The van der Waals surface area contributed by atoms with Gasteiger partial charge >= 0.3 is 6.18 Å². The fourth-order valence-corrected chi connectivity index (χ4v) is 9.26. The van der Waals surface area contributed by atoms with E-state index in [0.29, 0.717) is 31.1 Å². The zero-order valence-corrected chi connectivity index (χ0v) is 26.9. The maximum Gasteiger partial charge on any atom is 0.405 e. The van der Waals surface area contributed by atoms with Gasteiger partial charge in [-0.3, -0.25) is 19.3 Å². The number of alkyl halides is 3.